The lowest BCUT2D eigenvalue weighted by atomic mass is 9.93. The highest BCUT2D eigenvalue weighted by molar-refractivity contribution is 5.73. The van der Waals surface area contributed by atoms with E-state index in [4.69, 9.17) is 4.98 Å². The number of aromatic nitrogens is 4. The number of H-pyrrole nitrogens is 1. The number of fused-ring (bicyclic) bond motifs is 1. The predicted molar refractivity (Wildman–Crippen MR) is 77.9 cm³/mol. The van der Waals surface area contributed by atoms with Crippen molar-refractivity contribution in [2.75, 3.05) is 13.1 Å². The molecule has 3 rings (SSSR count). The minimum Gasteiger partial charge on any atom is -0.316 e. The number of hydrogen-bond acceptors (Lipinski definition) is 4. The Kier molecular flexibility index (Phi) is 3.33. The van der Waals surface area contributed by atoms with Gasteiger partial charge < -0.3 is 10.3 Å². The van der Waals surface area contributed by atoms with E-state index >= 15 is 0 Å². The smallest absolute Gasteiger partial charge is 0.262 e. The van der Waals surface area contributed by atoms with Crippen LogP contribution in [0.3, 0.4) is 0 Å². The van der Waals surface area contributed by atoms with Gasteiger partial charge in [0.25, 0.3) is 5.56 Å². The van der Waals surface area contributed by atoms with Gasteiger partial charge in [-0.1, -0.05) is 13.3 Å². The molecular weight excluding hydrogens is 254 g/mol. The van der Waals surface area contributed by atoms with Crippen molar-refractivity contribution in [1.82, 2.24) is 25.1 Å². The second-order valence-electron chi connectivity index (χ2n) is 5.80. The summed E-state index contributed by atoms with van der Waals surface area (Å²) in [5.41, 5.74) is 0.610. The van der Waals surface area contributed by atoms with Crippen LogP contribution in [0.25, 0.3) is 11.0 Å². The molecule has 0 spiro atoms. The first-order valence-electron chi connectivity index (χ1n) is 7.30. The highest BCUT2D eigenvalue weighted by Gasteiger charge is 2.29. The Morgan fingerprint density at radius 1 is 1.45 bits per heavy atom. The lowest BCUT2D eigenvalue weighted by molar-refractivity contribution is 0.482. The molecule has 2 N–H and O–H groups in total. The third kappa shape index (κ3) is 2.04. The van der Waals surface area contributed by atoms with Gasteiger partial charge in [0.15, 0.2) is 5.65 Å². The Morgan fingerprint density at radius 3 is 2.95 bits per heavy atom. The Hall–Kier alpha value is -1.69. The number of nitrogens with zero attached hydrogens (tertiary/aromatic N) is 3. The van der Waals surface area contributed by atoms with Crippen LogP contribution in [-0.2, 0) is 0 Å². The molecule has 2 aromatic heterocycles. The number of rotatable bonds is 3. The van der Waals surface area contributed by atoms with Gasteiger partial charge in [-0.05, 0) is 26.3 Å². The molecule has 2 aromatic rings. The van der Waals surface area contributed by atoms with Crippen LogP contribution in [0.5, 0.6) is 0 Å². The average molecular weight is 275 g/mol. The summed E-state index contributed by atoms with van der Waals surface area (Å²) in [4.78, 5) is 19.9. The molecule has 0 saturated carbocycles. The molecule has 0 radical (unpaired) electrons. The lowest BCUT2D eigenvalue weighted by Crippen LogP contribution is -2.20. The van der Waals surface area contributed by atoms with Gasteiger partial charge in [0.05, 0.1) is 6.20 Å². The third-order valence-electron chi connectivity index (χ3n) is 4.19. The fourth-order valence-electron chi connectivity index (χ4n) is 2.99. The largest absolute Gasteiger partial charge is 0.316 e. The molecule has 1 saturated heterocycles. The average Bonchev–Trinajstić information content (AvgIpc) is 3.04. The Labute approximate surface area is 117 Å². The van der Waals surface area contributed by atoms with Gasteiger partial charge in [-0.2, -0.15) is 5.10 Å². The van der Waals surface area contributed by atoms with Gasteiger partial charge in [-0.15, -0.1) is 0 Å². The van der Waals surface area contributed by atoms with E-state index in [-0.39, 0.29) is 17.5 Å². The zero-order chi connectivity index (χ0) is 14.3. The normalized spacial score (nSPS) is 23.0. The van der Waals surface area contributed by atoms with Gasteiger partial charge >= 0.3 is 0 Å². The number of nitrogens with one attached hydrogen (secondary N) is 2. The fraction of sp³-hybridized carbons (Fsp3) is 0.643. The minimum absolute atomic E-state index is 0.0846. The maximum absolute atomic E-state index is 12.2. The predicted octanol–water partition coefficient (Wildman–Crippen LogP) is 1.41. The number of aromatic amines is 1. The highest BCUT2D eigenvalue weighted by atomic mass is 16.1. The maximum atomic E-state index is 12.2. The summed E-state index contributed by atoms with van der Waals surface area (Å²) in [6.45, 7) is 8.14. The molecule has 0 aromatic carbocycles. The molecule has 0 amide bonds. The van der Waals surface area contributed by atoms with Crippen molar-refractivity contribution in [1.29, 1.82) is 0 Å². The first-order chi connectivity index (χ1) is 9.61. The van der Waals surface area contributed by atoms with E-state index in [0.717, 1.165) is 25.3 Å². The molecule has 3 heterocycles. The fourth-order valence-corrected chi connectivity index (χ4v) is 2.99. The summed E-state index contributed by atoms with van der Waals surface area (Å²) in [6.07, 6.45) is 2.69. The first kappa shape index (κ1) is 13.3. The second-order valence-corrected chi connectivity index (χ2v) is 5.80. The summed E-state index contributed by atoms with van der Waals surface area (Å²) < 4.78 is 1.82. The minimum atomic E-state index is -0.0846. The zero-order valence-electron chi connectivity index (χ0n) is 12.2. The molecule has 0 bridgehead atoms. The van der Waals surface area contributed by atoms with Crippen molar-refractivity contribution in [3.05, 3.63) is 22.4 Å². The summed E-state index contributed by atoms with van der Waals surface area (Å²) >= 11 is 0. The van der Waals surface area contributed by atoms with E-state index in [1.54, 1.807) is 6.20 Å². The highest BCUT2D eigenvalue weighted by Crippen LogP contribution is 2.28. The van der Waals surface area contributed by atoms with Crippen molar-refractivity contribution in [2.45, 2.75) is 39.2 Å². The van der Waals surface area contributed by atoms with Gasteiger partial charge in [-0.3, -0.25) is 4.79 Å². The Balaban J connectivity index is 2.13. The van der Waals surface area contributed by atoms with Crippen LogP contribution in [0.2, 0.25) is 0 Å². The molecule has 1 aliphatic heterocycles. The second kappa shape index (κ2) is 5.01. The summed E-state index contributed by atoms with van der Waals surface area (Å²) in [7, 11) is 0. The van der Waals surface area contributed by atoms with Crippen LogP contribution in [0.4, 0.5) is 0 Å². The molecule has 0 aliphatic carbocycles. The van der Waals surface area contributed by atoms with E-state index in [1.807, 2.05) is 18.5 Å². The van der Waals surface area contributed by atoms with Gasteiger partial charge in [0.1, 0.15) is 11.2 Å². The molecule has 1 aliphatic rings. The van der Waals surface area contributed by atoms with Gasteiger partial charge in [-0.25, -0.2) is 9.67 Å². The van der Waals surface area contributed by atoms with Crippen LogP contribution in [0.15, 0.2) is 11.0 Å². The van der Waals surface area contributed by atoms with Crippen LogP contribution in [0, 0.1) is 5.92 Å². The first-order valence-corrected chi connectivity index (χ1v) is 7.30. The van der Waals surface area contributed by atoms with E-state index in [9.17, 15) is 4.79 Å². The van der Waals surface area contributed by atoms with Crippen LogP contribution in [0.1, 0.15) is 45.0 Å². The lowest BCUT2D eigenvalue weighted by Gasteiger charge is -2.16. The monoisotopic (exact) mass is 275 g/mol. The van der Waals surface area contributed by atoms with Crippen molar-refractivity contribution >= 4 is 11.0 Å². The third-order valence-corrected chi connectivity index (χ3v) is 4.19. The summed E-state index contributed by atoms with van der Waals surface area (Å²) in [6, 6.07) is 0.193. The molecule has 1 fully saturated rings. The molecule has 2 atom stereocenters. The van der Waals surface area contributed by atoms with Crippen molar-refractivity contribution < 1.29 is 0 Å². The molecular formula is C14H21N5O. The Bertz CT molecular complexity index is 672. The SMILES string of the molecule is CCC1CNCC1c1nc2c(cnn2C(C)C)c(=O)[nH]1. The topological polar surface area (TPSA) is 75.6 Å². The number of hydrogen-bond donors (Lipinski definition) is 2. The standard InChI is InChI=1S/C14H21N5O/c1-4-9-5-15-6-10(9)12-17-13-11(14(20)18-12)7-16-19(13)8(2)3/h7-10,15H,4-6H2,1-3H3,(H,17,18,20). The van der Waals surface area contributed by atoms with Crippen LogP contribution < -0.4 is 10.9 Å². The van der Waals surface area contributed by atoms with E-state index in [1.165, 1.54) is 0 Å². The summed E-state index contributed by atoms with van der Waals surface area (Å²) in [5.74, 6) is 1.61. The van der Waals surface area contributed by atoms with Gasteiger partial charge in [0.2, 0.25) is 0 Å². The Morgan fingerprint density at radius 2 is 2.25 bits per heavy atom. The molecule has 108 valence electrons. The van der Waals surface area contributed by atoms with E-state index < -0.39 is 0 Å². The van der Waals surface area contributed by atoms with Gasteiger partial charge in [0, 0.05) is 18.5 Å². The maximum Gasteiger partial charge on any atom is 0.262 e. The zero-order valence-corrected chi connectivity index (χ0v) is 12.2. The van der Waals surface area contributed by atoms with Crippen molar-refractivity contribution in [3.8, 4) is 0 Å². The summed E-state index contributed by atoms with van der Waals surface area (Å²) in [5, 5.41) is 8.24. The van der Waals surface area contributed by atoms with Crippen LogP contribution in [-0.4, -0.2) is 32.8 Å². The van der Waals surface area contributed by atoms with Crippen LogP contribution >= 0.6 is 0 Å². The molecule has 2 unspecified atom stereocenters. The van der Waals surface area contributed by atoms with E-state index in [2.05, 4.69) is 22.3 Å². The van der Waals surface area contributed by atoms with E-state index in [0.29, 0.717) is 17.0 Å². The molecule has 20 heavy (non-hydrogen) atoms. The quantitative estimate of drug-likeness (QED) is 0.888. The molecule has 6 nitrogen and oxygen atoms in total. The van der Waals surface area contributed by atoms with Crippen molar-refractivity contribution in [3.63, 3.8) is 0 Å². The molecule has 6 heteroatoms. The van der Waals surface area contributed by atoms with Crippen molar-refractivity contribution in [2.24, 2.45) is 5.92 Å².